The Morgan fingerprint density at radius 3 is 2.80 bits per heavy atom. The van der Waals surface area contributed by atoms with Crippen LogP contribution < -0.4 is 15.8 Å². The second-order valence-electron chi connectivity index (χ2n) is 4.70. The molecule has 0 amide bonds. The Kier molecular flexibility index (Phi) is 4.90. The van der Waals surface area contributed by atoms with Crippen LogP contribution in [0.3, 0.4) is 0 Å². The smallest absolute Gasteiger partial charge is 0.123 e. The van der Waals surface area contributed by atoms with Gasteiger partial charge in [-0.1, -0.05) is 19.1 Å². The van der Waals surface area contributed by atoms with E-state index < -0.39 is 0 Å². The molecule has 0 aliphatic carbocycles. The summed E-state index contributed by atoms with van der Waals surface area (Å²) in [6, 6.07) is 11.8. The Morgan fingerprint density at radius 1 is 1.25 bits per heavy atom. The van der Waals surface area contributed by atoms with E-state index in [0.717, 1.165) is 28.0 Å². The van der Waals surface area contributed by atoms with Gasteiger partial charge in [-0.2, -0.15) is 0 Å². The fourth-order valence-corrected chi connectivity index (χ4v) is 2.26. The molecule has 0 radical (unpaired) electrons. The summed E-state index contributed by atoms with van der Waals surface area (Å²) in [5, 5.41) is 3.36. The lowest BCUT2D eigenvalue weighted by atomic mass is 10.2. The van der Waals surface area contributed by atoms with Gasteiger partial charge in [-0.3, -0.25) is 0 Å². The maximum absolute atomic E-state index is 5.92. The van der Waals surface area contributed by atoms with E-state index in [1.54, 1.807) is 0 Å². The zero-order valence-electron chi connectivity index (χ0n) is 11.7. The van der Waals surface area contributed by atoms with E-state index in [1.807, 2.05) is 30.3 Å². The highest BCUT2D eigenvalue weighted by molar-refractivity contribution is 9.10. The summed E-state index contributed by atoms with van der Waals surface area (Å²) >= 11 is 3.59. The third kappa shape index (κ3) is 3.67. The van der Waals surface area contributed by atoms with Gasteiger partial charge in [0.05, 0.1) is 12.3 Å². The third-order valence-corrected chi connectivity index (χ3v) is 3.93. The second-order valence-corrected chi connectivity index (χ2v) is 5.49. The largest absolute Gasteiger partial charge is 0.493 e. The van der Waals surface area contributed by atoms with Crippen LogP contribution in [0, 0.1) is 6.92 Å². The molecule has 0 saturated heterocycles. The monoisotopic (exact) mass is 334 g/mol. The molecular formula is C16H19BrN2O. The first-order valence-corrected chi connectivity index (χ1v) is 7.45. The Morgan fingerprint density at radius 2 is 2.05 bits per heavy atom. The van der Waals surface area contributed by atoms with Crippen molar-refractivity contribution in [2.24, 2.45) is 0 Å². The number of aryl methyl sites for hydroxylation is 1. The van der Waals surface area contributed by atoms with Crippen molar-refractivity contribution in [3.63, 3.8) is 0 Å². The van der Waals surface area contributed by atoms with Gasteiger partial charge in [0, 0.05) is 28.0 Å². The molecule has 106 valence electrons. The summed E-state index contributed by atoms with van der Waals surface area (Å²) in [6.07, 6.45) is 0.973. The number of rotatable bonds is 5. The Labute approximate surface area is 128 Å². The molecule has 2 rings (SSSR count). The molecule has 0 heterocycles. The molecule has 2 aromatic rings. The van der Waals surface area contributed by atoms with Crippen LogP contribution >= 0.6 is 15.9 Å². The number of nitrogen functional groups attached to an aromatic ring is 1. The zero-order chi connectivity index (χ0) is 14.5. The molecule has 20 heavy (non-hydrogen) atoms. The number of nitrogens with two attached hydrogens (primary N) is 1. The molecule has 2 aromatic carbocycles. The van der Waals surface area contributed by atoms with Gasteiger partial charge in [0.2, 0.25) is 0 Å². The highest BCUT2D eigenvalue weighted by Crippen LogP contribution is 2.31. The molecule has 0 bridgehead atoms. The third-order valence-electron chi connectivity index (χ3n) is 2.87. The average Bonchev–Trinajstić information content (AvgIpc) is 2.41. The van der Waals surface area contributed by atoms with Crippen molar-refractivity contribution in [2.45, 2.75) is 20.3 Å². The maximum Gasteiger partial charge on any atom is 0.123 e. The molecule has 3 nitrogen and oxygen atoms in total. The summed E-state index contributed by atoms with van der Waals surface area (Å²) in [4.78, 5) is 0. The molecule has 0 atom stereocenters. The normalized spacial score (nSPS) is 10.3. The summed E-state index contributed by atoms with van der Waals surface area (Å²) in [5.41, 5.74) is 9.72. The fraction of sp³-hybridized carbons (Fsp3) is 0.250. The molecule has 0 spiro atoms. The molecule has 0 unspecified atom stereocenters. The zero-order valence-corrected chi connectivity index (χ0v) is 13.3. The van der Waals surface area contributed by atoms with Gasteiger partial charge < -0.3 is 15.8 Å². The van der Waals surface area contributed by atoms with Crippen LogP contribution in [0.2, 0.25) is 0 Å². The average molecular weight is 335 g/mol. The highest BCUT2D eigenvalue weighted by Gasteiger charge is 2.05. The number of hydrogen-bond acceptors (Lipinski definition) is 3. The Bertz CT molecular complexity index is 599. The van der Waals surface area contributed by atoms with Gasteiger partial charge in [-0.25, -0.2) is 0 Å². The van der Waals surface area contributed by atoms with Crippen LogP contribution in [-0.2, 0) is 0 Å². The van der Waals surface area contributed by atoms with E-state index in [0.29, 0.717) is 12.3 Å². The molecule has 3 N–H and O–H groups in total. The number of benzene rings is 2. The van der Waals surface area contributed by atoms with Crippen LogP contribution in [0.5, 0.6) is 5.75 Å². The number of hydrogen-bond donors (Lipinski definition) is 2. The minimum atomic E-state index is 0.685. The summed E-state index contributed by atoms with van der Waals surface area (Å²) in [6.45, 7) is 4.83. The lowest BCUT2D eigenvalue weighted by Crippen LogP contribution is -1.99. The minimum Gasteiger partial charge on any atom is -0.493 e. The van der Waals surface area contributed by atoms with E-state index in [1.165, 1.54) is 5.56 Å². The lowest BCUT2D eigenvalue weighted by molar-refractivity contribution is 0.318. The van der Waals surface area contributed by atoms with Crippen molar-refractivity contribution in [1.82, 2.24) is 0 Å². The van der Waals surface area contributed by atoms with Gasteiger partial charge in [-0.15, -0.1) is 0 Å². The van der Waals surface area contributed by atoms with Crippen molar-refractivity contribution in [3.8, 4) is 5.75 Å². The Hall–Kier alpha value is -1.68. The topological polar surface area (TPSA) is 47.3 Å². The molecule has 0 saturated carbocycles. The SMILES string of the molecule is CCCOc1cc(N)cc(Nc2cccc(C)c2Br)c1. The summed E-state index contributed by atoms with van der Waals surface area (Å²) in [5.74, 6) is 0.790. The van der Waals surface area contributed by atoms with Gasteiger partial charge in [0.15, 0.2) is 0 Å². The minimum absolute atomic E-state index is 0.685. The Balaban J connectivity index is 2.24. The lowest BCUT2D eigenvalue weighted by Gasteiger charge is -2.13. The highest BCUT2D eigenvalue weighted by atomic mass is 79.9. The standard InChI is InChI=1S/C16H19BrN2O/c1-3-7-20-14-9-12(18)8-13(10-14)19-15-6-4-5-11(2)16(15)17/h4-6,8-10,19H,3,7,18H2,1-2H3. The summed E-state index contributed by atoms with van der Waals surface area (Å²) in [7, 11) is 0. The molecule has 0 fully saturated rings. The van der Waals surface area contributed by atoms with Crippen molar-refractivity contribution < 1.29 is 4.74 Å². The number of ether oxygens (including phenoxy) is 1. The van der Waals surface area contributed by atoms with Crippen LogP contribution in [0.1, 0.15) is 18.9 Å². The number of nitrogens with one attached hydrogen (secondary N) is 1. The van der Waals surface area contributed by atoms with Crippen LogP contribution in [0.15, 0.2) is 40.9 Å². The molecule has 0 aliphatic rings. The van der Waals surface area contributed by atoms with Crippen LogP contribution in [0.25, 0.3) is 0 Å². The molecule has 0 aromatic heterocycles. The van der Waals surface area contributed by atoms with E-state index in [-0.39, 0.29) is 0 Å². The first-order valence-electron chi connectivity index (χ1n) is 6.65. The first-order chi connectivity index (χ1) is 9.60. The predicted molar refractivity (Wildman–Crippen MR) is 88.8 cm³/mol. The summed E-state index contributed by atoms with van der Waals surface area (Å²) < 4.78 is 6.69. The molecule has 4 heteroatoms. The first kappa shape index (κ1) is 14.7. The van der Waals surface area contributed by atoms with E-state index >= 15 is 0 Å². The maximum atomic E-state index is 5.92. The molecular weight excluding hydrogens is 316 g/mol. The van der Waals surface area contributed by atoms with Gasteiger partial charge >= 0.3 is 0 Å². The van der Waals surface area contributed by atoms with Gasteiger partial charge in [0.1, 0.15) is 5.75 Å². The fourth-order valence-electron chi connectivity index (χ4n) is 1.90. The van der Waals surface area contributed by atoms with Crippen molar-refractivity contribution in [2.75, 3.05) is 17.7 Å². The van der Waals surface area contributed by atoms with Crippen molar-refractivity contribution >= 4 is 33.0 Å². The van der Waals surface area contributed by atoms with Gasteiger partial charge in [-0.05, 0) is 47.0 Å². The molecule has 0 aliphatic heterocycles. The van der Waals surface area contributed by atoms with Gasteiger partial charge in [0.25, 0.3) is 0 Å². The number of halogens is 1. The van der Waals surface area contributed by atoms with E-state index in [9.17, 15) is 0 Å². The second kappa shape index (κ2) is 6.66. The van der Waals surface area contributed by atoms with Crippen molar-refractivity contribution in [1.29, 1.82) is 0 Å². The van der Waals surface area contributed by atoms with Crippen LogP contribution in [0.4, 0.5) is 17.1 Å². The van der Waals surface area contributed by atoms with E-state index in [2.05, 4.69) is 41.2 Å². The quantitative estimate of drug-likeness (QED) is 0.766. The van der Waals surface area contributed by atoms with Crippen molar-refractivity contribution in [3.05, 3.63) is 46.4 Å². The van der Waals surface area contributed by atoms with E-state index in [4.69, 9.17) is 10.5 Å². The van der Waals surface area contributed by atoms with Crippen LogP contribution in [-0.4, -0.2) is 6.61 Å². The number of anilines is 3. The predicted octanol–water partition coefficient (Wildman–Crippen LogP) is 4.87.